The molecule has 0 spiro atoms. The first-order chi connectivity index (χ1) is 7.67. The van der Waals surface area contributed by atoms with Crippen LogP contribution in [0.25, 0.3) is 0 Å². The molecular weight excluding hydrogens is 242 g/mol. The van der Waals surface area contributed by atoms with Gasteiger partial charge in [0.05, 0.1) is 0 Å². The average molecular weight is 260 g/mol. The van der Waals surface area contributed by atoms with Crippen molar-refractivity contribution >= 4 is 23.4 Å². The van der Waals surface area contributed by atoms with Crippen molar-refractivity contribution in [3.05, 3.63) is 11.1 Å². The van der Waals surface area contributed by atoms with Crippen molar-refractivity contribution in [1.29, 1.82) is 0 Å². The van der Waals surface area contributed by atoms with E-state index in [1.807, 2.05) is 23.3 Å². The minimum absolute atomic E-state index is 0.342. The Balaban J connectivity index is 2.17. The second kappa shape index (κ2) is 4.96. The molecule has 90 valence electrons. The summed E-state index contributed by atoms with van der Waals surface area (Å²) < 4.78 is 2.39. The minimum Gasteiger partial charge on any atom is -0.301 e. The lowest BCUT2D eigenvalue weighted by atomic mass is 9.88. The maximum absolute atomic E-state index is 6.06. The molecule has 0 radical (unpaired) electrons. The van der Waals surface area contributed by atoms with Crippen LogP contribution < -0.4 is 0 Å². The molecule has 1 aliphatic carbocycles. The molecule has 0 aromatic carbocycles. The maximum atomic E-state index is 6.06. The highest BCUT2D eigenvalue weighted by molar-refractivity contribution is 8.00. The first kappa shape index (κ1) is 12.2. The van der Waals surface area contributed by atoms with Gasteiger partial charge in [-0.1, -0.05) is 19.3 Å². The lowest BCUT2D eigenvalue weighted by Crippen LogP contribution is -2.33. The van der Waals surface area contributed by atoms with Gasteiger partial charge in [0, 0.05) is 11.3 Å². The van der Waals surface area contributed by atoms with Gasteiger partial charge in [-0.05, 0) is 37.6 Å². The van der Waals surface area contributed by atoms with E-state index in [2.05, 4.69) is 16.5 Å². The van der Waals surface area contributed by atoms with Gasteiger partial charge in [0.15, 0.2) is 0 Å². The Bertz CT molecular complexity index is 339. The summed E-state index contributed by atoms with van der Waals surface area (Å²) in [4.78, 5) is 0. The molecule has 0 aliphatic heterocycles. The number of rotatable bonds is 3. The number of halogens is 1. The van der Waals surface area contributed by atoms with E-state index in [1.165, 1.54) is 32.1 Å². The Hall–Kier alpha value is -0.220. The van der Waals surface area contributed by atoms with Gasteiger partial charge >= 0.3 is 0 Å². The summed E-state index contributed by atoms with van der Waals surface area (Å²) in [6.45, 7) is 2.92. The molecule has 1 aliphatic rings. The summed E-state index contributed by atoms with van der Waals surface area (Å²) in [5, 5.41) is 8.46. The summed E-state index contributed by atoms with van der Waals surface area (Å²) in [7, 11) is 0. The SMILES string of the molecule is CSC1(Cn2c(C)nnc2Cl)CCCCC1. The van der Waals surface area contributed by atoms with Gasteiger partial charge < -0.3 is 4.57 Å². The van der Waals surface area contributed by atoms with Gasteiger partial charge in [0.25, 0.3) is 0 Å². The molecule has 2 rings (SSSR count). The largest absolute Gasteiger partial charge is 0.301 e. The lowest BCUT2D eigenvalue weighted by Gasteiger charge is -2.36. The molecule has 1 saturated carbocycles. The highest BCUT2D eigenvalue weighted by Gasteiger charge is 2.32. The van der Waals surface area contributed by atoms with Crippen LogP contribution >= 0.6 is 23.4 Å². The smallest absolute Gasteiger partial charge is 0.225 e. The van der Waals surface area contributed by atoms with Crippen molar-refractivity contribution in [2.24, 2.45) is 0 Å². The van der Waals surface area contributed by atoms with E-state index < -0.39 is 0 Å². The topological polar surface area (TPSA) is 30.7 Å². The first-order valence-electron chi connectivity index (χ1n) is 5.77. The number of hydrogen-bond donors (Lipinski definition) is 0. The zero-order valence-corrected chi connectivity index (χ0v) is 11.4. The van der Waals surface area contributed by atoms with Crippen LogP contribution in [0.3, 0.4) is 0 Å². The highest BCUT2D eigenvalue weighted by atomic mass is 35.5. The molecule has 1 aromatic heterocycles. The van der Waals surface area contributed by atoms with E-state index >= 15 is 0 Å². The molecule has 1 fully saturated rings. The van der Waals surface area contributed by atoms with Crippen molar-refractivity contribution < 1.29 is 0 Å². The second-order valence-electron chi connectivity index (χ2n) is 4.55. The van der Waals surface area contributed by atoms with Crippen LogP contribution in [0.15, 0.2) is 0 Å². The number of aromatic nitrogens is 3. The third kappa shape index (κ3) is 2.38. The maximum Gasteiger partial charge on any atom is 0.225 e. The molecule has 5 heteroatoms. The van der Waals surface area contributed by atoms with Gasteiger partial charge in [-0.15, -0.1) is 10.2 Å². The fourth-order valence-electron chi connectivity index (χ4n) is 2.45. The molecule has 1 heterocycles. The fourth-order valence-corrected chi connectivity index (χ4v) is 3.62. The molecule has 0 N–H and O–H groups in total. The monoisotopic (exact) mass is 259 g/mol. The molecule has 0 amide bonds. The van der Waals surface area contributed by atoms with E-state index in [1.54, 1.807) is 0 Å². The van der Waals surface area contributed by atoms with Crippen molar-refractivity contribution in [2.75, 3.05) is 6.26 Å². The molecule has 0 atom stereocenters. The molecular formula is C11H18ClN3S. The van der Waals surface area contributed by atoms with Crippen LogP contribution in [0.4, 0.5) is 0 Å². The van der Waals surface area contributed by atoms with E-state index in [9.17, 15) is 0 Å². The number of hydrogen-bond acceptors (Lipinski definition) is 3. The summed E-state index contributed by atoms with van der Waals surface area (Å²) in [5.41, 5.74) is 0. The zero-order valence-electron chi connectivity index (χ0n) is 9.87. The average Bonchev–Trinajstić information content (AvgIpc) is 2.62. The van der Waals surface area contributed by atoms with Crippen molar-refractivity contribution in [2.45, 2.75) is 50.3 Å². The Labute approximate surface area is 106 Å². The van der Waals surface area contributed by atoms with Gasteiger partial charge in [-0.2, -0.15) is 11.8 Å². The Morgan fingerprint density at radius 1 is 1.31 bits per heavy atom. The minimum atomic E-state index is 0.342. The Kier molecular flexibility index (Phi) is 3.80. The molecule has 3 nitrogen and oxygen atoms in total. The number of nitrogens with zero attached hydrogens (tertiary/aromatic N) is 3. The van der Waals surface area contributed by atoms with Crippen LogP contribution in [-0.2, 0) is 6.54 Å². The summed E-state index contributed by atoms with van der Waals surface area (Å²) in [5.74, 6) is 0.920. The standard InChI is InChI=1S/C11H18ClN3S/c1-9-13-14-10(12)15(9)8-11(16-2)6-4-3-5-7-11/h3-8H2,1-2H3. The molecule has 16 heavy (non-hydrogen) atoms. The van der Waals surface area contributed by atoms with Crippen LogP contribution in [-0.4, -0.2) is 25.8 Å². The van der Waals surface area contributed by atoms with Crippen LogP contribution in [0.5, 0.6) is 0 Å². The normalized spacial score (nSPS) is 19.9. The first-order valence-corrected chi connectivity index (χ1v) is 7.38. The molecule has 0 unspecified atom stereocenters. The van der Waals surface area contributed by atoms with E-state index in [4.69, 9.17) is 11.6 Å². The van der Waals surface area contributed by atoms with E-state index in [0.717, 1.165) is 12.4 Å². The van der Waals surface area contributed by atoms with E-state index in [-0.39, 0.29) is 0 Å². The fraction of sp³-hybridized carbons (Fsp3) is 0.818. The van der Waals surface area contributed by atoms with Gasteiger partial charge in [0.2, 0.25) is 5.28 Å². The molecule has 1 aromatic rings. The third-order valence-electron chi connectivity index (χ3n) is 3.53. The van der Waals surface area contributed by atoms with E-state index in [0.29, 0.717) is 10.0 Å². The van der Waals surface area contributed by atoms with Crippen LogP contribution in [0.1, 0.15) is 37.9 Å². The molecule has 0 bridgehead atoms. The van der Waals surface area contributed by atoms with Crippen molar-refractivity contribution in [1.82, 2.24) is 14.8 Å². The quantitative estimate of drug-likeness (QED) is 0.835. The summed E-state index contributed by atoms with van der Waals surface area (Å²) >= 11 is 8.04. The number of thioether (sulfide) groups is 1. The Morgan fingerprint density at radius 2 is 2.00 bits per heavy atom. The van der Waals surface area contributed by atoms with Crippen LogP contribution in [0.2, 0.25) is 5.28 Å². The van der Waals surface area contributed by atoms with Crippen molar-refractivity contribution in [3.63, 3.8) is 0 Å². The third-order valence-corrected chi connectivity index (χ3v) is 5.22. The summed E-state index contributed by atoms with van der Waals surface area (Å²) in [6.07, 6.45) is 8.81. The second-order valence-corrected chi connectivity index (χ2v) is 6.16. The molecule has 0 saturated heterocycles. The predicted octanol–water partition coefficient (Wildman–Crippen LogP) is 3.31. The Morgan fingerprint density at radius 3 is 2.50 bits per heavy atom. The number of aryl methyl sites for hydroxylation is 1. The van der Waals surface area contributed by atoms with Gasteiger partial charge in [-0.25, -0.2) is 0 Å². The summed E-state index contributed by atoms with van der Waals surface area (Å²) in [6, 6.07) is 0. The van der Waals surface area contributed by atoms with Crippen molar-refractivity contribution in [3.8, 4) is 0 Å². The lowest BCUT2D eigenvalue weighted by molar-refractivity contribution is 0.356. The van der Waals surface area contributed by atoms with Gasteiger partial charge in [-0.3, -0.25) is 0 Å². The van der Waals surface area contributed by atoms with Gasteiger partial charge in [0.1, 0.15) is 5.82 Å². The highest BCUT2D eigenvalue weighted by Crippen LogP contribution is 2.40. The zero-order chi connectivity index (χ0) is 11.6. The van der Waals surface area contributed by atoms with Crippen LogP contribution in [0, 0.1) is 6.92 Å². The predicted molar refractivity (Wildman–Crippen MR) is 69.1 cm³/mol.